The van der Waals surface area contributed by atoms with Gasteiger partial charge in [-0.1, -0.05) is 30.3 Å². The van der Waals surface area contributed by atoms with Crippen molar-refractivity contribution < 1.29 is 26.4 Å². The van der Waals surface area contributed by atoms with E-state index < -0.39 is 27.7 Å². The van der Waals surface area contributed by atoms with Gasteiger partial charge in [-0.25, -0.2) is 0 Å². The molecular formula is C23H18F3N3O3S. The quantitative estimate of drug-likeness (QED) is 0.580. The van der Waals surface area contributed by atoms with Gasteiger partial charge in [0.2, 0.25) is 0 Å². The van der Waals surface area contributed by atoms with Crippen molar-refractivity contribution in [2.45, 2.75) is 17.5 Å². The third kappa shape index (κ3) is 4.90. The van der Waals surface area contributed by atoms with Gasteiger partial charge in [-0.15, -0.1) is 4.40 Å². The van der Waals surface area contributed by atoms with Gasteiger partial charge in [0, 0.05) is 23.4 Å². The molecule has 0 spiro atoms. The standard InChI is InChI=1S/C23H18F3N3O3S/c24-23(25,26)19-7-3-1-5-15(19)13-14-27-22(30)16-9-11-17(12-10-16)28-21-18-6-2-4-8-20(18)33(31,32)29-21/h1-12H,13-14H2,(H,27,30)(H,28,29). The molecule has 0 aliphatic carbocycles. The van der Waals surface area contributed by atoms with Crippen molar-refractivity contribution in [3.63, 3.8) is 0 Å². The van der Waals surface area contributed by atoms with E-state index in [1.54, 1.807) is 30.3 Å². The Hall–Kier alpha value is -3.66. The molecule has 170 valence electrons. The molecule has 0 atom stereocenters. The minimum atomic E-state index is -4.45. The molecule has 0 fully saturated rings. The molecule has 6 nitrogen and oxygen atoms in total. The number of alkyl halides is 3. The van der Waals surface area contributed by atoms with Crippen LogP contribution in [0.4, 0.5) is 18.9 Å². The summed E-state index contributed by atoms with van der Waals surface area (Å²) in [5, 5.41) is 5.55. The Kier molecular flexibility index (Phi) is 5.94. The van der Waals surface area contributed by atoms with Crippen LogP contribution in [-0.4, -0.2) is 26.7 Å². The van der Waals surface area contributed by atoms with Crippen molar-refractivity contribution >= 4 is 27.5 Å². The highest BCUT2D eigenvalue weighted by molar-refractivity contribution is 7.90. The number of nitrogens with zero attached hydrogens (tertiary/aromatic N) is 1. The van der Waals surface area contributed by atoms with Crippen molar-refractivity contribution in [3.05, 3.63) is 95.1 Å². The van der Waals surface area contributed by atoms with E-state index in [-0.39, 0.29) is 29.3 Å². The van der Waals surface area contributed by atoms with Crippen LogP contribution in [0.15, 0.2) is 82.1 Å². The van der Waals surface area contributed by atoms with Gasteiger partial charge < -0.3 is 10.6 Å². The SMILES string of the molecule is O=C(NCCc1ccccc1C(F)(F)F)c1ccc(NC2=NS(=O)(=O)c3ccccc32)cc1. The number of anilines is 1. The number of benzene rings is 3. The molecule has 3 aromatic carbocycles. The number of fused-ring (bicyclic) bond motifs is 1. The number of amides is 1. The molecule has 0 bridgehead atoms. The highest BCUT2D eigenvalue weighted by Gasteiger charge is 2.32. The smallest absolute Gasteiger partial charge is 0.352 e. The fraction of sp³-hybridized carbons (Fsp3) is 0.130. The lowest BCUT2D eigenvalue weighted by Crippen LogP contribution is -2.26. The lowest BCUT2D eigenvalue weighted by atomic mass is 10.0. The predicted octanol–water partition coefficient (Wildman–Crippen LogP) is 4.24. The molecule has 2 N–H and O–H groups in total. The molecule has 0 radical (unpaired) electrons. The van der Waals surface area contributed by atoms with E-state index in [4.69, 9.17) is 0 Å². The number of amidine groups is 1. The van der Waals surface area contributed by atoms with Gasteiger partial charge in [-0.3, -0.25) is 4.79 Å². The van der Waals surface area contributed by atoms with E-state index in [0.717, 1.165) is 6.07 Å². The zero-order valence-electron chi connectivity index (χ0n) is 17.1. The molecule has 0 saturated heterocycles. The highest BCUT2D eigenvalue weighted by atomic mass is 32.2. The Labute approximate surface area is 188 Å². The zero-order chi connectivity index (χ0) is 23.6. The number of carbonyl (C=O) groups excluding carboxylic acids is 1. The fourth-order valence-corrected chi connectivity index (χ4v) is 4.64. The number of rotatable bonds is 5. The van der Waals surface area contributed by atoms with E-state index in [1.807, 2.05) is 0 Å². The number of nitrogens with one attached hydrogen (secondary N) is 2. The summed E-state index contributed by atoms with van der Waals surface area (Å²) >= 11 is 0. The topological polar surface area (TPSA) is 87.6 Å². The van der Waals surface area contributed by atoms with E-state index in [1.165, 1.54) is 36.4 Å². The van der Waals surface area contributed by atoms with Crippen LogP contribution in [0.5, 0.6) is 0 Å². The van der Waals surface area contributed by atoms with Crippen LogP contribution in [0.25, 0.3) is 0 Å². The maximum absolute atomic E-state index is 13.1. The summed E-state index contributed by atoms with van der Waals surface area (Å²) in [5.74, 6) is -0.247. The summed E-state index contributed by atoms with van der Waals surface area (Å²) in [6, 6.07) is 17.9. The second-order valence-electron chi connectivity index (χ2n) is 7.27. The van der Waals surface area contributed by atoms with Gasteiger partial charge >= 0.3 is 6.18 Å². The van der Waals surface area contributed by atoms with Gasteiger partial charge in [0.15, 0.2) is 5.84 Å². The lowest BCUT2D eigenvalue weighted by Gasteiger charge is -2.13. The second-order valence-corrected chi connectivity index (χ2v) is 8.85. The van der Waals surface area contributed by atoms with Gasteiger partial charge in [0.1, 0.15) is 4.90 Å². The number of sulfonamides is 1. The Morgan fingerprint density at radius 1 is 0.909 bits per heavy atom. The van der Waals surface area contributed by atoms with Crippen LogP contribution in [-0.2, 0) is 22.6 Å². The summed E-state index contributed by atoms with van der Waals surface area (Å²) in [7, 11) is -3.75. The van der Waals surface area contributed by atoms with E-state index >= 15 is 0 Å². The first-order valence-corrected chi connectivity index (χ1v) is 11.3. The number of halogens is 3. The van der Waals surface area contributed by atoms with E-state index in [0.29, 0.717) is 16.8 Å². The molecule has 1 heterocycles. The van der Waals surface area contributed by atoms with Crippen LogP contribution in [0, 0.1) is 0 Å². The second kappa shape index (κ2) is 8.70. The average molecular weight is 473 g/mol. The molecule has 4 rings (SSSR count). The maximum atomic E-state index is 13.1. The summed E-state index contributed by atoms with van der Waals surface area (Å²) in [4.78, 5) is 12.5. The number of hydrogen-bond donors (Lipinski definition) is 2. The molecule has 33 heavy (non-hydrogen) atoms. The molecule has 3 aromatic rings. The highest BCUT2D eigenvalue weighted by Crippen LogP contribution is 2.32. The first kappa shape index (κ1) is 22.5. The lowest BCUT2D eigenvalue weighted by molar-refractivity contribution is -0.138. The van der Waals surface area contributed by atoms with Crippen LogP contribution in [0.3, 0.4) is 0 Å². The minimum Gasteiger partial charge on any atom is -0.352 e. The first-order chi connectivity index (χ1) is 15.6. The van der Waals surface area contributed by atoms with Crippen LogP contribution >= 0.6 is 0 Å². The van der Waals surface area contributed by atoms with Crippen LogP contribution < -0.4 is 10.6 Å². The van der Waals surface area contributed by atoms with Gasteiger partial charge in [-0.2, -0.15) is 21.6 Å². The van der Waals surface area contributed by atoms with Crippen molar-refractivity contribution in [1.29, 1.82) is 0 Å². The van der Waals surface area contributed by atoms with Crippen molar-refractivity contribution in [1.82, 2.24) is 5.32 Å². The molecule has 0 saturated carbocycles. The average Bonchev–Trinajstić information content (AvgIpc) is 3.04. The summed E-state index contributed by atoms with van der Waals surface area (Å²) in [5.41, 5.74) is 0.686. The van der Waals surface area contributed by atoms with Crippen molar-refractivity contribution in [2.24, 2.45) is 4.40 Å². The molecule has 1 amide bonds. The van der Waals surface area contributed by atoms with Crippen LogP contribution in [0.2, 0.25) is 0 Å². The fourth-order valence-electron chi connectivity index (χ4n) is 3.47. The molecule has 1 aliphatic heterocycles. The Morgan fingerprint density at radius 3 is 2.30 bits per heavy atom. The summed E-state index contributed by atoms with van der Waals surface area (Å²) in [6.45, 7) is 0.0391. The van der Waals surface area contributed by atoms with E-state index in [9.17, 15) is 26.4 Å². The summed E-state index contributed by atoms with van der Waals surface area (Å²) in [6.07, 6.45) is -4.42. The van der Waals surface area contributed by atoms with Crippen LogP contribution in [0.1, 0.15) is 27.0 Å². The molecule has 10 heteroatoms. The summed E-state index contributed by atoms with van der Waals surface area (Å²) < 4.78 is 67.2. The minimum absolute atomic E-state index is 0.0365. The third-order valence-corrected chi connectivity index (χ3v) is 6.38. The Balaban J connectivity index is 1.38. The largest absolute Gasteiger partial charge is 0.416 e. The van der Waals surface area contributed by atoms with Gasteiger partial charge in [0.05, 0.1) is 5.56 Å². The predicted molar refractivity (Wildman–Crippen MR) is 118 cm³/mol. The van der Waals surface area contributed by atoms with Gasteiger partial charge in [-0.05, 0) is 54.4 Å². The molecule has 1 aliphatic rings. The maximum Gasteiger partial charge on any atom is 0.416 e. The Morgan fingerprint density at radius 2 is 1.58 bits per heavy atom. The number of carbonyl (C=O) groups is 1. The monoisotopic (exact) mass is 473 g/mol. The molecule has 0 aromatic heterocycles. The van der Waals surface area contributed by atoms with Crippen molar-refractivity contribution in [2.75, 3.05) is 11.9 Å². The van der Waals surface area contributed by atoms with E-state index in [2.05, 4.69) is 15.0 Å². The number of hydrogen-bond acceptors (Lipinski definition) is 4. The zero-order valence-corrected chi connectivity index (χ0v) is 17.9. The normalized spacial score (nSPS) is 14.3. The van der Waals surface area contributed by atoms with Crippen molar-refractivity contribution in [3.8, 4) is 0 Å². The third-order valence-electron chi connectivity index (χ3n) is 5.04. The first-order valence-electron chi connectivity index (χ1n) is 9.90. The molecule has 0 unspecified atom stereocenters. The molecular weight excluding hydrogens is 455 g/mol. The van der Waals surface area contributed by atoms with Gasteiger partial charge in [0.25, 0.3) is 15.9 Å². The Bertz CT molecular complexity index is 1330.